The summed E-state index contributed by atoms with van der Waals surface area (Å²) in [4.78, 5) is 31.8. The molecule has 2 amide bonds. The number of nitrogens with zero attached hydrogens (tertiary/aromatic N) is 2. The Hall–Kier alpha value is -1.40. The molecule has 2 aliphatic heterocycles. The number of carbonyl (C=O) groups excluding carboxylic acids is 2. The molecule has 0 saturated carbocycles. The molecule has 0 radical (unpaired) electrons. The molecule has 0 atom stereocenters. The molecule has 2 aliphatic rings. The van der Waals surface area contributed by atoms with E-state index in [4.69, 9.17) is 0 Å². The summed E-state index contributed by atoms with van der Waals surface area (Å²) in [6, 6.07) is 3.91. The normalized spacial score (nSPS) is 19.7. The third-order valence-electron chi connectivity index (χ3n) is 4.57. The fraction of sp³-hybridized carbons (Fsp3) is 0.625. The molecule has 0 unspecified atom stereocenters. The van der Waals surface area contributed by atoms with E-state index in [-0.39, 0.29) is 11.8 Å². The van der Waals surface area contributed by atoms with Crippen molar-refractivity contribution in [2.75, 3.05) is 45.8 Å². The van der Waals surface area contributed by atoms with Gasteiger partial charge in [0.25, 0.3) is 11.8 Å². The highest BCUT2D eigenvalue weighted by molar-refractivity contribution is 7.13. The van der Waals surface area contributed by atoms with Gasteiger partial charge in [-0.1, -0.05) is 0 Å². The van der Waals surface area contributed by atoms with Gasteiger partial charge in [0.15, 0.2) is 6.54 Å². The smallest absolute Gasteiger partial charge is 0.277 e. The third-order valence-corrected chi connectivity index (χ3v) is 5.56. The molecule has 2 fully saturated rings. The van der Waals surface area contributed by atoms with E-state index in [0.29, 0.717) is 6.54 Å². The predicted molar refractivity (Wildman–Crippen MR) is 86.3 cm³/mol. The number of likely N-dealkylation sites (tertiary alicyclic amines) is 1. The standard InChI is InChI=1S/C16H23N3O2S/c1-13-4-5-14(22-13)16(21)19-10-8-17(9-11-19)12-15(20)18-6-2-3-7-18/h4-5H,2-3,6-12H2,1H3/p+1. The number of nitrogens with one attached hydrogen (secondary N) is 1. The molecular weight excluding hydrogens is 298 g/mol. The lowest BCUT2D eigenvalue weighted by molar-refractivity contribution is -0.896. The summed E-state index contributed by atoms with van der Waals surface area (Å²) in [5, 5.41) is 0. The molecule has 0 aliphatic carbocycles. The predicted octanol–water partition coefficient (Wildman–Crippen LogP) is 0.0196. The fourth-order valence-electron chi connectivity index (χ4n) is 3.20. The Labute approximate surface area is 135 Å². The lowest BCUT2D eigenvalue weighted by atomic mass is 10.3. The molecule has 0 bridgehead atoms. The molecule has 1 aromatic heterocycles. The summed E-state index contributed by atoms with van der Waals surface area (Å²) in [5.41, 5.74) is 0. The largest absolute Gasteiger partial charge is 0.338 e. The minimum atomic E-state index is 0.142. The van der Waals surface area contributed by atoms with Crippen molar-refractivity contribution in [1.29, 1.82) is 0 Å². The SMILES string of the molecule is Cc1ccc(C(=O)N2CC[NH+](CC(=O)N3CCCC3)CC2)s1. The van der Waals surface area contributed by atoms with Crippen LogP contribution in [0.15, 0.2) is 12.1 Å². The number of thiophene rings is 1. The van der Waals surface area contributed by atoms with Crippen LogP contribution in [0.3, 0.4) is 0 Å². The van der Waals surface area contributed by atoms with Crippen LogP contribution >= 0.6 is 11.3 Å². The number of quaternary nitrogens is 1. The maximum absolute atomic E-state index is 12.4. The van der Waals surface area contributed by atoms with Gasteiger partial charge in [0.2, 0.25) is 0 Å². The van der Waals surface area contributed by atoms with Gasteiger partial charge in [-0.25, -0.2) is 0 Å². The monoisotopic (exact) mass is 322 g/mol. The highest BCUT2D eigenvalue weighted by Crippen LogP contribution is 2.17. The molecule has 6 heteroatoms. The van der Waals surface area contributed by atoms with Crippen LogP contribution in [0.25, 0.3) is 0 Å². The van der Waals surface area contributed by atoms with Crippen molar-refractivity contribution < 1.29 is 14.5 Å². The van der Waals surface area contributed by atoms with E-state index in [9.17, 15) is 9.59 Å². The lowest BCUT2D eigenvalue weighted by Gasteiger charge is -2.32. The van der Waals surface area contributed by atoms with Crippen molar-refractivity contribution in [1.82, 2.24) is 9.80 Å². The van der Waals surface area contributed by atoms with E-state index in [1.54, 1.807) is 11.3 Å². The molecule has 3 rings (SSSR count). The summed E-state index contributed by atoms with van der Waals surface area (Å²) < 4.78 is 0. The average Bonchev–Trinajstić information content (AvgIpc) is 3.18. The van der Waals surface area contributed by atoms with E-state index in [0.717, 1.165) is 57.0 Å². The quantitative estimate of drug-likeness (QED) is 0.853. The van der Waals surface area contributed by atoms with Gasteiger partial charge < -0.3 is 14.7 Å². The number of hydrogen-bond acceptors (Lipinski definition) is 3. The maximum Gasteiger partial charge on any atom is 0.277 e. The van der Waals surface area contributed by atoms with Crippen LogP contribution in [0.1, 0.15) is 27.4 Å². The highest BCUT2D eigenvalue weighted by atomic mass is 32.1. The Morgan fingerprint density at radius 3 is 2.36 bits per heavy atom. The average molecular weight is 322 g/mol. The second kappa shape index (κ2) is 6.79. The Kier molecular flexibility index (Phi) is 4.78. The van der Waals surface area contributed by atoms with Gasteiger partial charge >= 0.3 is 0 Å². The summed E-state index contributed by atoms with van der Waals surface area (Å²) in [6.45, 7) is 7.69. The van der Waals surface area contributed by atoms with Gasteiger partial charge in [-0.2, -0.15) is 0 Å². The van der Waals surface area contributed by atoms with Crippen molar-refractivity contribution in [3.8, 4) is 0 Å². The first-order valence-corrected chi connectivity index (χ1v) is 8.92. The molecule has 22 heavy (non-hydrogen) atoms. The van der Waals surface area contributed by atoms with E-state index in [2.05, 4.69) is 0 Å². The fourth-order valence-corrected chi connectivity index (χ4v) is 4.04. The van der Waals surface area contributed by atoms with Crippen LogP contribution in [0.5, 0.6) is 0 Å². The van der Waals surface area contributed by atoms with Crippen molar-refractivity contribution in [3.05, 3.63) is 21.9 Å². The summed E-state index contributed by atoms with van der Waals surface area (Å²) in [6.07, 6.45) is 2.28. The highest BCUT2D eigenvalue weighted by Gasteiger charge is 2.28. The number of hydrogen-bond donors (Lipinski definition) is 1. The minimum Gasteiger partial charge on any atom is -0.338 e. The first kappa shape index (κ1) is 15.5. The lowest BCUT2D eigenvalue weighted by Crippen LogP contribution is -3.15. The molecule has 0 aromatic carbocycles. The van der Waals surface area contributed by atoms with E-state index < -0.39 is 0 Å². The summed E-state index contributed by atoms with van der Waals surface area (Å²) in [7, 11) is 0. The maximum atomic E-state index is 12.4. The van der Waals surface area contributed by atoms with Crippen LogP contribution in [0.2, 0.25) is 0 Å². The zero-order valence-electron chi connectivity index (χ0n) is 13.1. The van der Waals surface area contributed by atoms with Gasteiger partial charge in [-0.05, 0) is 31.9 Å². The molecule has 0 spiro atoms. The van der Waals surface area contributed by atoms with E-state index in [1.165, 1.54) is 9.78 Å². The summed E-state index contributed by atoms with van der Waals surface area (Å²) in [5.74, 6) is 0.421. The second-order valence-electron chi connectivity index (χ2n) is 6.22. The van der Waals surface area contributed by atoms with Gasteiger partial charge in [0.1, 0.15) is 0 Å². The minimum absolute atomic E-state index is 0.142. The number of rotatable bonds is 3. The Balaban J connectivity index is 1.47. The third kappa shape index (κ3) is 3.50. The van der Waals surface area contributed by atoms with Gasteiger partial charge in [-0.15, -0.1) is 11.3 Å². The Bertz CT molecular complexity index is 543. The van der Waals surface area contributed by atoms with Crippen molar-refractivity contribution in [2.24, 2.45) is 0 Å². The van der Waals surface area contributed by atoms with Crippen molar-refractivity contribution in [3.63, 3.8) is 0 Å². The van der Waals surface area contributed by atoms with Crippen molar-refractivity contribution >= 4 is 23.2 Å². The van der Waals surface area contributed by atoms with Crippen LogP contribution < -0.4 is 4.90 Å². The molecule has 1 aromatic rings. The number of aryl methyl sites for hydroxylation is 1. The van der Waals surface area contributed by atoms with Gasteiger partial charge in [-0.3, -0.25) is 9.59 Å². The number of carbonyl (C=O) groups is 2. The van der Waals surface area contributed by atoms with E-state index >= 15 is 0 Å². The molecule has 1 N–H and O–H groups in total. The molecule has 120 valence electrons. The second-order valence-corrected chi connectivity index (χ2v) is 7.51. The summed E-state index contributed by atoms with van der Waals surface area (Å²) >= 11 is 1.56. The molecule has 5 nitrogen and oxygen atoms in total. The zero-order chi connectivity index (χ0) is 15.5. The first-order valence-electron chi connectivity index (χ1n) is 8.10. The van der Waals surface area contributed by atoms with Crippen LogP contribution in [-0.2, 0) is 4.79 Å². The van der Waals surface area contributed by atoms with Crippen LogP contribution in [0.4, 0.5) is 0 Å². The van der Waals surface area contributed by atoms with Crippen LogP contribution in [0, 0.1) is 6.92 Å². The van der Waals surface area contributed by atoms with Gasteiger partial charge in [0.05, 0.1) is 31.1 Å². The Morgan fingerprint density at radius 1 is 1.09 bits per heavy atom. The molecule has 2 saturated heterocycles. The Morgan fingerprint density at radius 2 is 1.77 bits per heavy atom. The van der Waals surface area contributed by atoms with Gasteiger partial charge in [0, 0.05) is 18.0 Å². The number of amides is 2. The van der Waals surface area contributed by atoms with Crippen LogP contribution in [-0.4, -0.2) is 67.4 Å². The molecular formula is C16H24N3O2S+. The van der Waals surface area contributed by atoms with E-state index in [1.807, 2.05) is 28.9 Å². The zero-order valence-corrected chi connectivity index (χ0v) is 14.0. The molecule has 3 heterocycles. The number of piperazine rings is 1. The first-order chi connectivity index (χ1) is 10.6. The topological polar surface area (TPSA) is 45.1 Å². The van der Waals surface area contributed by atoms with Crippen molar-refractivity contribution in [2.45, 2.75) is 19.8 Å².